The topological polar surface area (TPSA) is 39.2 Å². The second-order valence-electron chi connectivity index (χ2n) is 4.89. The minimum atomic E-state index is -0.407. The van der Waals surface area contributed by atoms with Gasteiger partial charge in [0.05, 0.1) is 15.2 Å². The summed E-state index contributed by atoms with van der Waals surface area (Å²) in [6.45, 7) is 0.156. The Morgan fingerprint density at radius 3 is 2.57 bits per heavy atom. The van der Waals surface area contributed by atoms with Crippen LogP contribution in [0.5, 0.6) is 0 Å². The molecule has 2 aromatic heterocycles. The van der Waals surface area contributed by atoms with E-state index < -0.39 is 5.97 Å². The minimum Gasteiger partial charge on any atom is -0.454 e. The third-order valence-electron chi connectivity index (χ3n) is 3.39. The summed E-state index contributed by atoms with van der Waals surface area (Å²) < 4.78 is 7.45. The van der Waals surface area contributed by atoms with E-state index in [4.69, 9.17) is 16.3 Å². The van der Waals surface area contributed by atoms with Crippen molar-refractivity contribution < 1.29 is 9.53 Å². The number of fused-ring (bicyclic) bond motifs is 2. The van der Waals surface area contributed by atoms with Crippen molar-refractivity contribution in [1.82, 2.24) is 4.98 Å². The SMILES string of the molecule is O=C(OCc1nc2ccccc2s1)c1sc2ccccc2c1Cl. The van der Waals surface area contributed by atoms with Crippen LogP contribution in [0.25, 0.3) is 20.3 Å². The fourth-order valence-corrected chi connectivity index (χ4v) is 4.60. The van der Waals surface area contributed by atoms with Crippen LogP contribution in [-0.2, 0) is 11.3 Å². The van der Waals surface area contributed by atoms with Crippen LogP contribution in [0.3, 0.4) is 0 Å². The Kier molecular flexibility index (Phi) is 3.77. The van der Waals surface area contributed by atoms with E-state index in [1.807, 2.05) is 48.5 Å². The summed E-state index contributed by atoms with van der Waals surface area (Å²) in [4.78, 5) is 17.2. The van der Waals surface area contributed by atoms with Crippen LogP contribution in [0.1, 0.15) is 14.7 Å². The maximum atomic E-state index is 12.3. The molecule has 0 unspecified atom stereocenters. The number of rotatable bonds is 3. The highest BCUT2D eigenvalue weighted by molar-refractivity contribution is 7.21. The summed E-state index contributed by atoms with van der Waals surface area (Å²) in [6, 6.07) is 15.5. The monoisotopic (exact) mass is 359 g/mol. The summed E-state index contributed by atoms with van der Waals surface area (Å²) in [5.74, 6) is -0.407. The molecule has 0 bridgehead atoms. The molecule has 0 saturated carbocycles. The molecule has 0 aliphatic heterocycles. The Morgan fingerprint density at radius 2 is 1.78 bits per heavy atom. The number of para-hydroxylation sites is 1. The van der Waals surface area contributed by atoms with E-state index in [2.05, 4.69) is 4.98 Å². The Balaban J connectivity index is 1.56. The zero-order valence-corrected chi connectivity index (χ0v) is 14.2. The highest BCUT2D eigenvalue weighted by atomic mass is 35.5. The lowest BCUT2D eigenvalue weighted by Gasteiger charge is -2.00. The molecule has 6 heteroatoms. The van der Waals surface area contributed by atoms with Crippen LogP contribution >= 0.6 is 34.3 Å². The summed E-state index contributed by atoms with van der Waals surface area (Å²) in [5.41, 5.74) is 0.920. The van der Waals surface area contributed by atoms with Gasteiger partial charge in [-0.15, -0.1) is 22.7 Å². The van der Waals surface area contributed by atoms with Crippen molar-refractivity contribution >= 4 is 60.5 Å². The molecule has 0 aliphatic carbocycles. The number of carbonyl (C=O) groups excluding carboxylic acids is 1. The standard InChI is InChI=1S/C17H10ClNO2S2/c18-15-10-5-1-3-7-12(10)23-16(15)17(20)21-9-14-19-11-6-2-4-8-13(11)22-14/h1-8H,9H2. The minimum absolute atomic E-state index is 0.156. The number of halogens is 1. The molecule has 0 saturated heterocycles. The molecule has 2 aromatic carbocycles. The normalized spacial score (nSPS) is 11.2. The number of ether oxygens (including phenoxy) is 1. The predicted octanol–water partition coefficient (Wildman–Crippen LogP) is 5.52. The molecule has 0 atom stereocenters. The smallest absolute Gasteiger partial charge is 0.350 e. The molecule has 4 rings (SSSR count). The average Bonchev–Trinajstić information content (AvgIpc) is 3.14. The summed E-state index contributed by atoms with van der Waals surface area (Å²) in [6.07, 6.45) is 0. The number of aromatic nitrogens is 1. The average molecular weight is 360 g/mol. The molecule has 0 aliphatic rings. The van der Waals surface area contributed by atoms with Crippen molar-refractivity contribution in [3.63, 3.8) is 0 Å². The maximum absolute atomic E-state index is 12.3. The van der Waals surface area contributed by atoms with Gasteiger partial charge in [-0.05, 0) is 18.2 Å². The summed E-state index contributed by atoms with van der Waals surface area (Å²) in [5, 5.41) is 2.11. The number of benzene rings is 2. The number of hydrogen-bond acceptors (Lipinski definition) is 5. The molecule has 3 nitrogen and oxygen atoms in total. The van der Waals surface area contributed by atoms with E-state index in [1.54, 1.807) is 0 Å². The summed E-state index contributed by atoms with van der Waals surface area (Å²) in [7, 11) is 0. The van der Waals surface area contributed by atoms with Gasteiger partial charge in [-0.25, -0.2) is 9.78 Å². The second-order valence-corrected chi connectivity index (χ2v) is 7.44. The molecule has 0 N–H and O–H groups in total. The molecule has 23 heavy (non-hydrogen) atoms. The highest BCUT2D eigenvalue weighted by Crippen LogP contribution is 2.35. The van der Waals surface area contributed by atoms with Crippen LogP contribution in [-0.4, -0.2) is 11.0 Å². The van der Waals surface area contributed by atoms with Gasteiger partial charge in [-0.2, -0.15) is 0 Å². The first kappa shape index (κ1) is 14.6. The highest BCUT2D eigenvalue weighted by Gasteiger charge is 2.18. The first-order valence-corrected chi connectivity index (χ1v) is 8.92. The predicted molar refractivity (Wildman–Crippen MR) is 95.6 cm³/mol. The third kappa shape index (κ3) is 2.72. The van der Waals surface area contributed by atoms with E-state index in [1.165, 1.54) is 22.7 Å². The van der Waals surface area contributed by atoms with Crippen molar-refractivity contribution in [2.75, 3.05) is 0 Å². The van der Waals surface area contributed by atoms with Gasteiger partial charge in [0, 0.05) is 10.1 Å². The summed E-state index contributed by atoms with van der Waals surface area (Å²) >= 11 is 9.17. The number of thiophene rings is 1. The van der Waals surface area contributed by atoms with Crippen LogP contribution in [0.2, 0.25) is 5.02 Å². The number of carbonyl (C=O) groups is 1. The largest absolute Gasteiger partial charge is 0.454 e. The van der Waals surface area contributed by atoms with E-state index in [0.29, 0.717) is 9.90 Å². The van der Waals surface area contributed by atoms with Gasteiger partial charge in [0.25, 0.3) is 0 Å². The molecular weight excluding hydrogens is 350 g/mol. The quantitative estimate of drug-likeness (QED) is 0.452. The molecular formula is C17H10ClNO2S2. The van der Waals surface area contributed by atoms with Crippen molar-refractivity contribution in [1.29, 1.82) is 0 Å². The first-order chi connectivity index (χ1) is 11.2. The number of nitrogens with zero attached hydrogens (tertiary/aromatic N) is 1. The van der Waals surface area contributed by atoms with Gasteiger partial charge in [0.2, 0.25) is 0 Å². The van der Waals surface area contributed by atoms with Crippen LogP contribution in [0.15, 0.2) is 48.5 Å². The number of thiazole rings is 1. The third-order valence-corrected chi connectivity index (χ3v) is 6.05. The van der Waals surface area contributed by atoms with Gasteiger partial charge in [-0.1, -0.05) is 41.9 Å². The lowest BCUT2D eigenvalue weighted by atomic mass is 10.2. The maximum Gasteiger partial charge on any atom is 0.350 e. The van der Waals surface area contributed by atoms with Crippen molar-refractivity contribution in [3.8, 4) is 0 Å². The lowest BCUT2D eigenvalue weighted by molar-refractivity contribution is 0.0479. The van der Waals surface area contributed by atoms with Crippen LogP contribution in [0, 0.1) is 0 Å². The zero-order valence-electron chi connectivity index (χ0n) is 11.8. The molecule has 0 spiro atoms. The molecule has 0 radical (unpaired) electrons. The Morgan fingerprint density at radius 1 is 1.04 bits per heavy atom. The second kappa shape index (κ2) is 5.92. The number of hydrogen-bond donors (Lipinski definition) is 0. The molecule has 0 fully saturated rings. The molecule has 4 aromatic rings. The van der Waals surface area contributed by atoms with Crippen molar-refractivity contribution in [2.45, 2.75) is 6.61 Å². The molecule has 0 amide bonds. The van der Waals surface area contributed by atoms with Gasteiger partial charge >= 0.3 is 5.97 Å². The van der Waals surface area contributed by atoms with E-state index in [-0.39, 0.29) is 6.61 Å². The molecule has 2 heterocycles. The van der Waals surface area contributed by atoms with Gasteiger partial charge in [0.15, 0.2) is 0 Å². The lowest BCUT2D eigenvalue weighted by Crippen LogP contribution is -2.03. The first-order valence-electron chi connectivity index (χ1n) is 6.91. The number of esters is 1. The fraction of sp³-hybridized carbons (Fsp3) is 0.0588. The van der Waals surface area contributed by atoms with Crippen LogP contribution < -0.4 is 0 Å². The van der Waals surface area contributed by atoms with Gasteiger partial charge in [0.1, 0.15) is 16.5 Å². The Hall–Kier alpha value is -1.95. The van der Waals surface area contributed by atoms with E-state index >= 15 is 0 Å². The zero-order chi connectivity index (χ0) is 15.8. The van der Waals surface area contributed by atoms with Crippen molar-refractivity contribution in [2.24, 2.45) is 0 Å². The van der Waals surface area contributed by atoms with Crippen LogP contribution in [0.4, 0.5) is 0 Å². The van der Waals surface area contributed by atoms with Crippen molar-refractivity contribution in [3.05, 3.63) is 63.4 Å². The Bertz CT molecular complexity index is 989. The fourth-order valence-electron chi connectivity index (χ4n) is 2.32. The molecule has 114 valence electrons. The van der Waals surface area contributed by atoms with E-state index in [9.17, 15) is 4.79 Å². The van der Waals surface area contributed by atoms with E-state index in [0.717, 1.165) is 25.3 Å². The van der Waals surface area contributed by atoms with Gasteiger partial charge < -0.3 is 4.74 Å². The Labute approximate surface area is 145 Å². The van der Waals surface area contributed by atoms with Gasteiger partial charge in [-0.3, -0.25) is 0 Å².